The van der Waals surface area contributed by atoms with E-state index in [1.165, 1.54) is 5.56 Å². The third-order valence-electron chi connectivity index (χ3n) is 6.52. The second-order valence-corrected chi connectivity index (χ2v) is 8.68. The lowest BCUT2D eigenvalue weighted by atomic mass is 9.99. The van der Waals surface area contributed by atoms with E-state index in [1.54, 1.807) is 0 Å². The van der Waals surface area contributed by atoms with Crippen LogP contribution >= 0.6 is 0 Å². The number of benzene rings is 2. The zero-order valence-corrected chi connectivity index (χ0v) is 19.4. The van der Waals surface area contributed by atoms with Crippen molar-refractivity contribution in [1.82, 2.24) is 19.7 Å². The number of morpholine rings is 1. The van der Waals surface area contributed by atoms with Crippen LogP contribution in [0.15, 0.2) is 42.5 Å². The Morgan fingerprint density at radius 2 is 1.94 bits per heavy atom. The van der Waals surface area contributed by atoms with Gasteiger partial charge in [-0.1, -0.05) is 23.8 Å². The van der Waals surface area contributed by atoms with Crippen molar-refractivity contribution in [2.24, 2.45) is 7.05 Å². The molecule has 0 spiro atoms. The lowest BCUT2D eigenvalue weighted by molar-refractivity contribution is -0.585. The highest BCUT2D eigenvalue weighted by Gasteiger charge is 2.21. The van der Waals surface area contributed by atoms with E-state index in [9.17, 15) is 5.21 Å². The number of H-pyrrole nitrogens is 1. The van der Waals surface area contributed by atoms with Crippen LogP contribution in [-0.4, -0.2) is 59.1 Å². The molecule has 2 aromatic carbocycles. The largest absolute Gasteiger partial charge is 0.710 e. The molecule has 2 aromatic heterocycles. The highest BCUT2D eigenvalue weighted by Crippen LogP contribution is 2.37. The van der Waals surface area contributed by atoms with Crippen molar-refractivity contribution in [1.29, 1.82) is 0 Å². The number of aromatic nitrogens is 4. The first-order valence-corrected chi connectivity index (χ1v) is 11.4. The Balaban J connectivity index is 1.54. The smallest absolute Gasteiger partial charge is 0.257 e. The summed E-state index contributed by atoms with van der Waals surface area (Å²) < 4.78 is 8.37. The molecule has 8 heteroatoms. The van der Waals surface area contributed by atoms with Gasteiger partial charge in [-0.3, -0.25) is 10.00 Å². The van der Waals surface area contributed by atoms with Crippen LogP contribution in [-0.2, 0) is 11.8 Å². The number of hydrogen-bond acceptors (Lipinski definition) is 5. The van der Waals surface area contributed by atoms with Crippen LogP contribution < -0.4 is 10.0 Å². The van der Waals surface area contributed by atoms with Crippen molar-refractivity contribution in [3.63, 3.8) is 0 Å². The molecule has 0 bridgehead atoms. The Labute approximate surface area is 193 Å². The Hall–Kier alpha value is -3.36. The fraction of sp³-hybridized carbons (Fsp3) is 0.360. The van der Waals surface area contributed by atoms with E-state index in [0.717, 1.165) is 77.8 Å². The second kappa shape index (κ2) is 8.88. The fourth-order valence-corrected chi connectivity index (χ4v) is 4.53. The molecule has 0 aliphatic carbocycles. The minimum absolute atomic E-state index is 0.656. The minimum Gasteiger partial charge on any atom is -0.710 e. The number of ether oxygens (including phenoxy) is 1. The van der Waals surface area contributed by atoms with Crippen LogP contribution in [0.25, 0.3) is 33.4 Å². The molecule has 1 aliphatic heterocycles. The van der Waals surface area contributed by atoms with Gasteiger partial charge < -0.3 is 15.3 Å². The second-order valence-electron chi connectivity index (χ2n) is 8.68. The standard InChI is InChI=1S/C25H30N6O2/c1-17-5-4-6-20(15-17)24-23(19-7-8-21-22(16-19)31(32)18(2)29(21)3)25(28-27-24)26-9-10-30-11-13-33-14-12-30/h4-8,15-16H,9-14H2,1-3H3,(H2,26,27,28). The predicted octanol–water partition coefficient (Wildman–Crippen LogP) is 3.23. The van der Waals surface area contributed by atoms with Crippen LogP contribution in [0.5, 0.6) is 0 Å². The Kier molecular flexibility index (Phi) is 5.78. The summed E-state index contributed by atoms with van der Waals surface area (Å²) in [5.41, 5.74) is 6.69. The predicted molar refractivity (Wildman–Crippen MR) is 130 cm³/mol. The van der Waals surface area contributed by atoms with E-state index in [1.807, 2.05) is 30.7 Å². The highest BCUT2D eigenvalue weighted by atomic mass is 16.5. The van der Waals surface area contributed by atoms with Crippen molar-refractivity contribution in [3.8, 4) is 22.4 Å². The third kappa shape index (κ3) is 4.07. The molecular formula is C25H30N6O2. The zero-order valence-electron chi connectivity index (χ0n) is 19.4. The fourth-order valence-electron chi connectivity index (χ4n) is 4.53. The quantitative estimate of drug-likeness (QED) is 0.351. The van der Waals surface area contributed by atoms with E-state index in [-0.39, 0.29) is 0 Å². The first-order chi connectivity index (χ1) is 16.0. The van der Waals surface area contributed by atoms with Crippen molar-refractivity contribution in [2.75, 3.05) is 44.7 Å². The summed E-state index contributed by atoms with van der Waals surface area (Å²) in [6.45, 7) is 9.11. The summed E-state index contributed by atoms with van der Waals surface area (Å²) in [5.74, 6) is 1.46. The monoisotopic (exact) mass is 446 g/mol. The van der Waals surface area contributed by atoms with Crippen LogP contribution in [0.3, 0.4) is 0 Å². The van der Waals surface area contributed by atoms with Crippen LogP contribution in [0.1, 0.15) is 11.4 Å². The van der Waals surface area contributed by atoms with E-state index < -0.39 is 0 Å². The minimum atomic E-state index is 0.656. The molecule has 4 aromatic rings. The lowest BCUT2D eigenvalue weighted by Gasteiger charge is -2.26. The number of aromatic amines is 1. The van der Waals surface area contributed by atoms with Crippen LogP contribution in [0.2, 0.25) is 0 Å². The third-order valence-corrected chi connectivity index (χ3v) is 6.52. The van der Waals surface area contributed by atoms with E-state index in [2.05, 4.69) is 57.7 Å². The number of fused-ring (bicyclic) bond motifs is 1. The number of anilines is 1. The Morgan fingerprint density at radius 3 is 2.73 bits per heavy atom. The zero-order chi connectivity index (χ0) is 22.9. The molecule has 1 aliphatic rings. The highest BCUT2D eigenvalue weighted by molar-refractivity contribution is 5.92. The summed E-state index contributed by atoms with van der Waals surface area (Å²) in [7, 11) is 1.92. The van der Waals surface area contributed by atoms with Gasteiger partial charge in [0, 0.05) is 38.7 Å². The summed E-state index contributed by atoms with van der Waals surface area (Å²) >= 11 is 0. The number of hydrogen-bond donors (Lipinski definition) is 2. The van der Waals surface area contributed by atoms with Gasteiger partial charge in [-0.2, -0.15) is 5.10 Å². The van der Waals surface area contributed by atoms with Gasteiger partial charge in [0.1, 0.15) is 0 Å². The SMILES string of the molecule is Cc1cccc(-c2[nH]nc(NCCN3CCOCC3)c2-c2ccc3c(c2)[n+]([O-])c(C)n3C)c1. The Morgan fingerprint density at radius 1 is 1.12 bits per heavy atom. The molecule has 0 unspecified atom stereocenters. The molecule has 1 fully saturated rings. The van der Waals surface area contributed by atoms with Gasteiger partial charge in [0.2, 0.25) is 0 Å². The molecule has 172 valence electrons. The number of nitrogens with one attached hydrogen (secondary N) is 2. The molecule has 33 heavy (non-hydrogen) atoms. The average Bonchev–Trinajstić information content (AvgIpc) is 3.35. The summed E-state index contributed by atoms with van der Waals surface area (Å²) in [5, 5.41) is 24.2. The molecule has 0 saturated carbocycles. The maximum absolute atomic E-state index is 12.7. The number of nitrogens with zero attached hydrogens (tertiary/aromatic N) is 4. The maximum atomic E-state index is 12.7. The molecular weight excluding hydrogens is 416 g/mol. The molecule has 0 atom stereocenters. The van der Waals surface area contributed by atoms with Gasteiger partial charge in [0.25, 0.3) is 5.82 Å². The van der Waals surface area contributed by atoms with Crippen molar-refractivity contribution in [3.05, 3.63) is 59.1 Å². The van der Waals surface area contributed by atoms with Crippen LogP contribution in [0.4, 0.5) is 5.82 Å². The van der Waals surface area contributed by atoms with Crippen molar-refractivity contribution < 1.29 is 9.47 Å². The van der Waals surface area contributed by atoms with E-state index in [4.69, 9.17) is 4.74 Å². The number of rotatable bonds is 6. The number of imidazole rings is 1. The molecule has 3 heterocycles. The average molecular weight is 447 g/mol. The maximum Gasteiger partial charge on any atom is 0.257 e. The van der Waals surface area contributed by atoms with Crippen molar-refractivity contribution >= 4 is 16.9 Å². The van der Waals surface area contributed by atoms with Crippen LogP contribution in [0, 0.1) is 19.1 Å². The van der Waals surface area contributed by atoms with E-state index >= 15 is 0 Å². The number of aryl methyl sites for hydroxylation is 2. The first-order valence-electron chi connectivity index (χ1n) is 11.4. The van der Waals surface area contributed by atoms with Gasteiger partial charge in [-0.25, -0.2) is 9.30 Å². The molecule has 2 N–H and O–H groups in total. The Bertz CT molecular complexity index is 1290. The molecule has 1 saturated heterocycles. The normalized spacial score (nSPS) is 14.8. The summed E-state index contributed by atoms with van der Waals surface area (Å²) in [6.07, 6.45) is 0. The van der Waals surface area contributed by atoms with Crippen molar-refractivity contribution in [2.45, 2.75) is 13.8 Å². The summed E-state index contributed by atoms with van der Waals surface area (Å²) in [6, 6.07) is 14.4. The van der Waals surface area contributed by atoms with Gasteiger partial charge in [0.05, 0.1) is 31.5 Å². The van der Waals surface area contributed by atoms with Gasteiger partial charge in [0.15, 0.2) is 16.9 Å². The topological polar surface area (TPSA) is 85.1 Å². The van der Waals surface area contributed by atoms with Gasteiger partial charge in [-0.05, 0) is 36.8 Å². The lowest BCUT2D eigenvalue weighted by Crippen LogP contribution is -2.39. The summed E-state index contributed by atoms with van der Waals surface area (Å²) in [4.78, 5) is 2.39. The van der Waals surface area contributed by atoms with Gasteiger partial charge in [-0.15, -0.1) is 0 Å². The molecule has 0 amide bonds. The van der Waals surface area contributed by atoms with Gasteiger partial charge >= 0.3 is 0 Å². The molecule has 8 nitrogen and oxygen atoms in total. The van der Waals surface area contributed by atoms with E-state index in [0.29, 0.717) is 11.3 Å². The molecule has 5 rings (SSSR count). The molecule has 0 radical (unpaired) electrons. The first kappa shape index (κ1) is 21.5.